The lowest BCUT2D eigenvalue weighted by Gasteiger charge is -2.34. The Morgan fingerprint density at radius 3 is 2.08 bits per heavy atom. The molecule has 1 N–H and O–H groups in total. The lowest BCUT2D eigenvalue weighted by molar-refractivity contribution is -0.124. The minimum absolute atomic E-state index is 0.00678. The molecule has 9 nitrogen and oxygen atoms in total. The van der Waals surface area contributed by atoms with Crippen molar-refractivity contribution >= 4 is 40.5 Å². The van der Waals surface area contributed by atoms with Crippen molar-refractivity contribution in [1.82, 2.24) is 14.7 Å². The highest BCUT2D eigenvalue weighted by atomic mass is 32.1. The zero-order valence-electron chi connectivity index (χ0n) is 22.4. The number of carbonyl (C=O) groups is 2. The van der Waals surface area contributed by atoms with E-state index in [0.717, 1.165) is 45.7 Å². The van der Waals surface area contributed by atoms with Crippen molar-refractivity contribution in [1.29, 1.82) is 0 Å². The van der Waals surface area contributed by atoms with E-state index >= 15 is 0 Å². The molecule has 1 atom stereocenters. The van der Waals surface area contributed by atoms with E-state index in [1.807, 2.05) is 17.0 Å². The highest BCUT2D eigenvalue weighted by Crippen LogP contribution is 2.29. The number of benzene rings is 2. The number of amides is 2. The molecule has 2 aliphatic heterocycles. The van der Waals surface area contributed by atoms with Crippen molar-refractivity contribution in [3.8, 4) is 11.5 Å². The summed E-state index contributed by atoms with van der Waals surface area (Å²) in [5.41, 5.74) is 1.31. The number of anilines is 2. The first-order chi connectivity index (χ1) is 18.4. The Kier molecular flexibility index (Phi) is 9.54. The largest absolute Gasteiger partial charge is 0.497 e. The first-order valence-corrected chi connectivity index (χ1v) is 13.5. The van der Waals surface area contributed by atoms with Crippen LogP contribution >= 0.6 is 12.2 Å². The normalized spacial score (nSPS) is 18.7. The summed E-state index contributed by atoms with van der Waals surface area (Å²) in [6.07, 6.45) is 0.861. The van der Waals surface area contributed by atoms with Gasteiger partial charge in [-0.15, -0.1) is 0 Å². The standard InChI is InChI=1S/C28H37N5O4S/c1-4-30-16-18-31(19-17-30)14-5-15-32-25(20-26(34)29-21-6-10-23(36-2)11-7-21)27(35)33(28(32)38)22-8-12-24(37-3)13-9-22/h6-13,25H,4-5,14-20H2,1-3H3,(H,29,34)/t25-/m1/s1. The summed E-state index contributed by atoms with van der Waals surface area (Å²) in [7, 11) is 3.19. The quantitative estimate of drug-likeness (QED) is 0.437. The summed E-state index contributed by atoms with van der Waals surface area (Å²) in [5, 5.41) is 3.33. The van der Waals surface area contributed by atoms with Crippen LogP contribution in [0.5, 0.6) is 11.5 Å². The van der Waals surface area contributed by atoms with E-state index in [1.165, 1.54) is 0 Å². The number of likely N-dealkylation sites (N-methyl/N-ethyl adjacent to an activating group) is 1. The molecule has 0 saturated carbocycles. The summed E-state index contributed by atoms with van der Waals surface area (Å²) >= 11 is 5.80. The van der Waals surface area contributed by atoms with Crippen LogP contribution in [0.15, 0.2) is 48.5 Å². The summed E-state index contributed by atoms with van der Waals surface area (Å²) in [6.45, 7) is 9.06. The minimum atomic E-state index is -0.667. The molecule has 204 valence electrons. The van der Waals surface area contributed by atoms with Crippen LogP contribution in [-0.4, -0.2) is 97.7 Å². The molecule has 2 aromatic carbocycles. The van der Waals surface area contributed by atoms with Gasteiger partial charge in [-0.2, -0.15) is 0 Å². The van der Waals surface area contributed by atoms with Gasteiger partial charge >= 0.3 is 0 Å². The Balaban J connectivity index is 1.45. The average Bonchev–Trinajstić information content (AvgIpc) is 3.17. The molecule has 38 heavy (non-hydrogen) atoms. The second-order valence-electron chi connectivity index (χ2n) is 9.47. The second kappa shape index (κ2) is 13.0. The number of thiocarbonyl (C=S) groups is 1. The fourth-order valence-electron chi connectivity index (χ4n) is 4.91. The van der Waals surface area contributed by atoms with E-state index in [2.05, 4.69) is 22.0 Å². The molecule has 0 aliphatic carbocycles. The topological polar surface area (TPSA) is 77.6 Å². The van der Waals surface area contributed by atoms with Crippen LogP contribution < -0.4 is 19.7 Å². The van der Waals surface area contributed by atoms with Gasteiger partial charge in [0.1, 0.15) is 17.5 Å². The summed E-state index contributed by atoms with van der Waals surface area (Å²) < 4.78 is 10.4. The predicted octanol–water partition coefficient (Wildman–Crippen LogP) is 3.06. The Bertz CT molecular complexity index is 1100. The molecule has 0 aromatic heterocycles. The van der Waals surface area contributed by atoms with Gasteiger partial charge < -0.3 is 29.5 Å². The molecule has 0 unspecified atom stereocenters. The Morgan fingerprint density at radius 1 is 0.921 bits per heavy atom. The highest BCUT2D eigenvalue weighted by Gasteiger charge is 2.44. The van der Waals surface area contributed by atoms with Crippen LogP contribution in [0.1, 0.15) is 19.8 Å². The van der Waals surface area contributed by atoms with E-state index in [1.54, 1.807) is 55.5 Å². The number of piperazine rings is 1. The molecule has 4 rings (SSSR count). The van der Waals surface area contributed by atoms with E-state index in [0.29, 0.717) is 34.5 Å². The van der Waals surface area contributed by atoms with Gasteiger partial charge in [-0.05, 0) is 80.3 Å². The first-order valence-electron chi connectivity index (χ1n) is 13.1. The van der Waals surface area contributed by atoms with Crippen LogP contribution in [0.25, 0.3) is 0 Å². The third-order valence-corrected chi connectivity index (χ3v) is 7.60. The highest BCUT2D eigenvalue weighted by molar-refractivity contribution is 7.80. The van der Waals surface area contributed by atoms with Crippen molar-refractivity contribution in [2.75, 3.05) is 70.2 Å². The lowest BCUT2D eigenvalue weighted by Crippen LogP contribution is -2.47. The number of ether oxygens (including phenoxy) is 2. The molecule has 2 aliphatic rings. The summed E-state index contributed by atoms with van der Waals surface area (Å²) in [5.74, 6) is 0.966. The van der Waals surface area contributed by atoms with E-state index < -0.39 is 6.04 Å². The second-order valence-corrected chi connectivity index (χ2v) is 9.84. The van der Waals surface area contributed by atoms with Crippen LogP contribution in [0.4, 0.5) is 11.4 Å². The molecular formula is C28H37N5O4S. The number of carbonyl (C=O) groups excluding carboxylic acids is 2. The van der Waals surface area contributed by atoms with Gasteiger partial charge in [-0.3, -0.25) is 14.5 Å². The maximum atomic E-state index is 13.6. The molecule has 2 heterocycles. The van der Waals surface area contributed by atoms with E-state index in [9.17, 15) is 9.59 Å². The van der Waals surface area contributed by atoms with Gasteiger partial charge in [0.15, 0.2) is 5.11 Å². The lowest BCUT2D eigenvalue weighted by atomic mass is 10.1. The molecule has 2 amide bonds. The predicted molar refractivity (Wildman–Crippen MR) is 153 cm³/mol. The molecule has 0 radical (unpaired) electrons. The van der Waals surface area contributed by atoms with Crippen LogP contribution in [0, 0.1) is 0 Å². The number of methoxy groups -OCH3 is 2. The Labute approximate surface area is 230 Å². The molecule has 0 spiro atoms. The molecular weight excluding hydrogens is 502 g/mol. The first kappa shape index (κ1) is 27.8. The van der Waals surface area contributed by atoms with Crippen molar-refractivity contribution in [2.45, 2.75) is 25.8 Å². The monoisotopic (exact) mass is 539 g/mol. The Hall–Kier alpha value is -3.21. The number of rotatable bonds is 11. The fraction of sp³-hybridized carbons (Fsp3) is 0.464. The van der Waals surface area contributed by atoms with Gasteiger partial charge in [0.25, 0.3) is 5.91 Å². The number of hydrogen-bond acceptors (Lipinski definition) is 7. The molecule has 0 bridgehead atoms. The van der Waals surface area contributed by atoms with Crippen LogP contribution in [0.2, 0.25) is 0 Å². The van der Waals surface area contributed by atoms with E-state index in [4.69, 9.17) is 21.7 Å². The number of nitrogens with zero attached hydrogens (tertiary/aromatic N) is 4. The van der Waals surface area contributed by atoms with Crippen molar-refractivity contribution in [3.63, 3.8) is 0 Å². The Morgan fingerprint density at radius 2 is 1.50 bits per heavy atom. The maximum Gasteiger partial charge on any atom is 0.256 e. The zero-order chi connectivity index (χ0) is 27.1. The SMILES string of the molecule is CCN1CCN(CCCN2C(=S)N(c3ccc(OC)cc3)C(=O)[C@H]2CC(=O)Nc2ccc(OC)cc2)CC1. The summed E-state index contributed by atoms with van der Waals surface area (Å²) in [4.78, 5) is 35.0. The molecule has 2 fully saturated rings. The molecule has 2 saturated heterocycles. The van der Waals surface area contributed by atoms with Gasteiger partial charge in [-0.25, -0.2) is 0 Å². The zero-order valence-corrected chi connectivity index (χ0v) is 23.2. The van der Waals surface area contributed by atoms with Gasteiger partial charge in [0.2, 0.25) is 5.91 Å². The van der Waals surface area contributed by atoms with Crippen molar-refractivity contribution in [3.05, 3.63) is 48.5 Å². The maximum absolute atomic E-state index is 13.6. The minimum Gasteiger partial charge on any atom is -0.497 e. The number of hydrogen-bond donors (Lipinski definition) is 1. The van der Waals surface area contributed by atoms with Crippen molar-refractivity contribution in [2.24, 2.45) is 0 Å². The van der Waals surface area contributed by atoms with E-state index in [-0.39, 0.29) is 18.2 Å². The van der Waals surface area contributed by atoms with Gasteiger partial charge in [-0.1, -0.05) is 6.92 Å². The van der Waals surface area contributed by atoms with Crippen molar-refractivity contribution < 1.29 is 19.1 Å². The van der Waals surface area contributed by atoms with Crippen LogP contribution in [0.3, 0.4) is 0 Å². The third-order valence-electron chi connectivity index (χ3n) is 7.19. The average molecular weight is 540 g/mol. The molecule has 2 aromatic rings. The number of nitrogens with one attached hydrogen (secondary N) is 1. The third kappa shape index (κ3) is 6.61. The smallest absolute Gasteiger partial charge is 0.256 e. The van der Waals surface area contributed by atoms with Gasteiger partial charge in [0, 0.05) is 38.4 Å². The van der Waals surface area contributed by atoms with Crippen LogP contribution in [-0.2, 0) is 9.59 Å². The molecule has 10 heteroatoms. The van der Waals surface area contributed by atoms with Gasteiger partial charge in [0.05, 0.1) is 26.3 Å². The fourth-order valence-corrected chi connectivity index (χ4v) is 5.33. The summed E-state index contributed by atoms with van der Waals surface area (Å²) in [6, 6.07) is 13.7.